The molecule has 1 aliphatic carbocycles. The molecule has 0 bridgehead atoms. The number of hydrogen-bond acceptors (Lipinski definition) is 2. The van der Waals surface area contributed by atoms with Gasteiger partial charge in [-0.25, -0.2) is 0 Å². The molecule has 0 aromatic carbocycles. The van der Waals surface area contributed by atoms with E-state index < -0.39 is 0 Å². The number of carbonyl (C=O) groups excluding carboxylic acids is 1. The highest BCUT2D eigenvalue weighted by Gasteiger charge is 2.05. The fourth-order valence-corrected chi connectivity index (χ4v) is 2.04. The predicted octanol–water partition coefficient (Wildman–Crippen LogP) is 2.93. The van der Waals surface area contributed by atoms with Gasteiger partial charge in [0, 0.05) is 19.0 Å². The minimum atomic E-state index is -0.0323. The van der Waals surface area contributed by atoms with Gasteiger partial charge in [0.25, 0.3) is 0 Å². The van der Waals surface area contributed by atoms with Crippen LogP contribution in [0.1, 0.15) is 26.2 Å². The lowest BCUT2D eigenvalue weighted by Crippen LogP contribution is -2.24. The second-order valence-electron chi connectivity index (χ2n) is 4.94. The Balaban J connectivity index is 1.74. The van der Waals surface area contributed by atoms with Gasteiger partial charge < -0.3 is 5.32 Å². The van der Waals surface area contributed by atoms with Crippen molar-refractivity contribution in [1.29, 1.82) is 0 Å². The maximum absolute atomic E-state index is 11.7. The van der Waals surface area contributed by atoms with Gasteiger partial charge in [0.15, 0.2) is 0 Å². The number of amides is 1. The molecule has 1 heterocycles. The zero-order chi connectivity index (χ0) is 13.5. The van der Waals surface area contributed by atoms with E-state index in [1.165, 1.54) is 11.1 Å². The average Bonchev–Trinajstić information content (AvgIpc) is 2.45. The summed E-state index contributed by atoms with van der Waals surface area (Å²) < 4.78 is 0. The van der Waals surface area contributed by atoms with Crippen LogP contribution in [0.15, 0.2) is 52.7 Å². The van der Waals surface area contributed by atoms with Crippen LogP contribution in [-0.4, -0.2) is 18.7 Å². The third-order valence-electron chi connectivity index (χ3n) is 3.26. The van der Waals surface area contributed by atoms with E-state index in [9.17, 15) is 4.79 Å². The fraction of sp³-hybridized carbons (Fsp3) is 0.375. The topological polar surface area (TPSA) is 41.5 Å². The van der Waals surface area contributed by atoms with Crippen molar-refractivity contribution in [3.05, 3.63) is 47.7 Å². The molecule has 1 amide bonds. The first-order valence-electron chi connectivity index (χ1n) is 6.74. The lowest BCUT2D eigenvalue weighted by atomic mass is 9.97. The maximum Gasteiger partial charge on any atom is 0.243 e. The molecule has 0 saturated heterocycles. The minimum Gasteiger partial charge on any atom is -0.349 e. The van der Waals surface area contributed by atoms with Crippen LogP contribution in [0.4, 0.5) is 0 Å². The number of nitrogens with zero attached hydrogens (tertiary/aromatic N) is 1. The van der Waals surface area contributed by atoms with Crippen LogP contribution in [0.25, 0.3) is 0 Å². The van der Waals surface area contributed by atoms with Gasteiger partial charge in [-0.3, -0.25) is 9.79 Å². The summed E-state index contributed by atoms with van der Waals surface area (Å²) in [6.45, 7) is 2.68. The van der Waals surface area contributed by atoms with Crippen LogP contribution in [0.3, 0.4) is 0 Å². The molecule has 0 aromatic rings. The van der Waals surface area contributed by atoms with E-state index in [1.807, 2.05) is 18.5 Å². The highest BCUT2D eigenvalue weighted by molar-refractivity contribution is 5.87. The number of aliphatic imine (C=N–C) groups is 1. The SMILES string of the molecule is CC1=CCC(/C=C/C(=O)NCC2=CN=CCC2)C=C1. The van der Waals surface area contributed by atoms with Crippen LogP contribution < -0.4 is 5.32 Å². The van der Waals surface area contributed by atoms with Crippen molar-refractivity contribution < 1.29 is 4.79 Å². The Morgan fingerprint density at radius 2 is 2.47 bits per heavy atom. The molecule has 3 nitrogen and oxygen atoms in total. The summed E-state index contributed by atoms with van der Waals surface area (Å²) in [5.74, 6) is 0.308. The van der Waals surface area contributed by atoms with E-state index in [2.05, 4.69) is 35.5 Å². The molecule has 0 fully saturated rings. The van der Waals surface area contributed by atoms with Crippen LogP contribution >= 0.6 is 0 Å². The van der Waals surface area contributed by atoms with E-state index in [-0.39, 0.29) is 5.91 Å². The Bertz CT molecular complexity index is 481. The second kappa shape index (κ2) is 6.88. The molecule has 100 valence electrons. The molecule has 0 spiro atoms. The van der Waals surface area contributed by atoms with Gasteiger partial charge in [0.1, 0.15) is 0 Å². The summed E-state index contributed by atoms with van der Waals surface area (Å²) in [4.78, 5) is 15.8. The smallest absolute Gasteiger partial charge is 0.243 e. The van der Waals surface area contributed by atoms with Crippen molar-refractivity contribution in [3.63, 3.8) is 0 Å². The van der Waals surface area contributed by atoms with Crippen molar-refractivity contribution in [1.82, 2.24) is 5.32 Å². The molecule has 1 atom stereocenters. The molecule has 0 radical (unpaired) electrons. The Labute approximate surface area is 114 Å². The second-order valence-corrected chi connectivity index (χ2v) is 4.94. The first-order chi connectivity index (χ1) is 9.24. The highest BCUT2D eigenvalue weighted by atomic mass is 16.1. The zero-order valence-corrected chi connectivity index (χ0v) is 11.3. The van der Waals surface area contributed by atoms with Crippen LogP contribution in [0.2, 0.25) is 0 Å². The molecule has 1 unspecified atom stereocenters. The van der Waals surface area contributed by atoms with Crippen LogP contribution in [0.5, 0.6) is 0 Å². The summed E-state index contributed by atoms with van der Waals surface area (Å²) in [6.07, 6.45) is 16.7. The van der Waals surface area contributed by atoms with Gasteiger partial charge in [-0.1, -0.05) is 29.9 Å². The number of nitrogens with one attached hydrogen (secondary N) is 1. The number of hydrogen-bond donors (Lipinski definition) is 1. The molecular formula is C16H20N2O. The Morgan fingerprint density at radius 3 is 3.16 bits per heavy atom. The first-order valence-corrected chi connectivity index (χ1v) is 6.74. The number of carbonyl (C=O) groups is 1. The maximum atomic E-state index is 11.7. The lowest BCUT2D eigenvalue weighted by molar-refractivity contribution is -0.116. The molecule has 2 aliphatic rings. The Kier molecular flexibility index (Phi) is 4.90. The summed E-state index contributed by atoms with van der Waals surface area (Å²) in [7, 11) is 0. The predicted molar refractivity (Wildman–Crippen MR) is 79.0 cm³/mol. The fourth-order valence-electron chi connectivity index (χ4n) is 2.04. The van der Waals surface area contributed by atoms with Gasteiger partial charge in [-0.05, 0) is 43.8 Å². The van der Waals surface area contributed by atoms with Crippen LogP contribution in [0, 0.1) is 5.92 Å². The molecular weight excluding hydrogens is 236 g/mol. The Morgan fingerprint density at radius 1 is 1.58 bits per heavy atom. The molecule has 2 rings (SSSR count). The zero-order valence-electron chi connectivity index (χ0n) is 11.3. The normalized spacial score (nSPS) is 22.3. The number of rotatable bonds is 4. The van der Waals surface area contributed by atoms with E-state index in [4.69, 9.17) is 0 Å². The van der Waals surface area contributed by atoms with E-state index in [0.29, 0.717) is 12.5 Å². The molecule has 0 saturated carbocycles. The van der Waals surface area contributed by atoms with E-state index in [1.54, 1.807) is 6.08 Å². The standard InChI is InChI=1S/C16H20N2O/c1-13-4-6-14(7-5-13)8-9-16(19)18-12-15-3-2-10-17-11-15/h4-6,8-11,14H,2-3,7,12H2,1H3,(H,18,19)/b9-8+. The van der Waals surface area contributed by atoms with Gasteiger partial charge >= 0.3 is 0 Å². The summed E-state index contributed by atoms with van der Waals surface area (Å²) in [6, 6.07) is 0. The summed E-state index contributed by atoms with van der Waals surface area (Å²) in [5, 5.41) is 2.89. The molecule has 0 aromatic heterocycles. The van der Waals surface area contributed by atoms with Gasteiger partial charge in [-0.2, -0.15) is 0 Å². The first kappa shape index (κ1) is 13.5. The molecule has 1 N–H and O–H groups in total. The Hall–Kier alpha value is -1.90. The molecule has 3 heteroatoms. The largest absolute Gasteiger partial charge is 0.349 e. The van der Waals surface area contributed by atoms with Gasteiger partial charge in [-0.15, -0.1) is 0 Å². The quantitative estimate of drug-likeness (QED) is 0.772. The number of allylic oxidation sites excluding steroid dienone is 5. The highest BCUT2D eigenvalue weighted by Crippen LogP contribution is 2.16. The molecule has 1 aliphatic heterocycles. The van der Waals surface area contributed by atoms with Crippen LogP contribution in [-0.2, 0) is 4.79 Å². The third kappa shape index (κ3) is 4.70. The average molecular weight is 256 g/mol. The minimum absolute atomic E-state index is 0.0323. The van der Waals surface area contributed by atoms with Gasteiger partial charge in [0.2, 0.25) is 5.91 Å². The monoisotopic (exact) mass is 256 g/mol. The van der Waals surface area contributed by atoms with E-state index in [0.717, 1.165) is 19.3 Å². The summed E-state index contributed by atoms with van der Waals surface area (Å²) in [5.41, 5.74) is 2.47. The van der Waals surface area contributed by atoms with Crippen molar-refractivity contribution in [3.8, 4) is 0 Å². The van der Waals surface area contributed by atoms with Crippen molar-refractivity contribution >= 4 is 12.1 Å². The van der Waals surface area contributed by atoms with Crippen molar-refractivity contribution in [2.24, 2.45) is 10.9 Å². The van der Waals surface area contributed by atoms with Crippen molar-refractivity contribution in [2.45, 2.75) is 26.2 Å². The summed E-state index contributed by atoms with van der Waals surface area (Å²) >= 11 is 0. The van der Waals surface area contributed by atoms with E-state index >= 15 is 0 Å². The van der Waals surface area contributed by atoms with Crippen molar-refractivity contribution in [2.75, 3.05) is 6.54 Å². The third-order valence-corrected chi connectivity index (χ3v) is 3.26. The lowest BCUT2D eigenvalue weighted by Gasteiger charge is -2.10. The molecule has 19 heavy (non-hydrogen) atoms. The van der Waals surface area contributed by atoms with Gasteiger partial charge in [0.05, 0.1) is 0 Å².